The highest BCUT2D eigenvalue weighted by atomic mass is 19.1. The van der Waals surface area contributed by atoms with Crippen LogP contribution in [0, 0.1) is 15.9 Å². The van der Waals surface area contributed by atoms with Crippen LogP contribution in [0.3, 0.4) is 0 Å². The van der Waals surface area contributed by atoms with Crippen molar-refractivity contribution >= 4 is 23.4 Å². The highest BCUT2D eigenvalue weighted by Crippen LogP contribution is 2.30. The summed E-state index contributed by atoms with van der Waals surface area (Å²) < 4.78 is 13.0. The van der Waals surface area contributed by atoms with Crippen LogP contribution in [0.1, 0.15) is 22.8 Å². The van der Waals surface area contributed by atoms with Crippen LogP contribution in [0.15, 0.2) is 48.5 Å². The van der Waals surface area contributed by atoms with E-state index in [2.05, 4.69) is 5.32 Å². The SMILES string of the molecule is C[C@]1(c2ccc([N+](=O)[O-])cc2)NC(=O)N(CC(=O)c2ccc(F)cc2)C1=O. The first-order chi connectivity index (χ1) is 12.7. The van der Waals surface area contributed by atoms with Crippen molar-refractivity contribution < 1.29 is 23.7 Å². The molecule has 0 radical (unpaired) electrons. The number of amides is 3. The Morgan fingerprint density at radius 1 is 1.15 bits per heavy atom. The molecule has 1 aliphatic heterocycles. The molecule has 8 nitrogen and oxygen atoms in total. The molecule has 0 bridgehead atoms. The third-order valence-electron chi connectivity index (χ3n) is 4.40. The molecule has 1 saturated heterocycles. The number of carbonyl (C=O) groups excluding carboxylic acids is 3. The first-order valence-electron chi connectivity index (χ1n) is 7.90. The van der Waals surface area contributed by atoms with Crippen LogP contribution < -0.4 is 5.32 Å². The average molecular weight is 371 g/mol. The number of rotatable bonds is 5. The number of ketones is 1. The van der Waals surface area contributed by atoms with Crippen LogP contribution in [-0.4, -0.2) is 34.1 Å². The van der Waals surface area contributed by atoms with Crippen LogP contribution in [0.4, 0.5) is 14.9 Å². The number of halogens is 1. The monoisotopic (exact) mass is 371 g/mol. The number of nitro benzene ring substituents is 1. The molecule has 138 valence electrons. The lowest BCUT2D eigenvalue weighted by Crippen LogP contribution is -2.41. The van der Waals surface area contributed by atoms with Crippen molar-refractivity contribution in [2.24, 2.45) is 0 Å². The summed E-state index contributed by atoms with van der Waals surface area (Å²) >= 11 is 0. The minimum Gasteiger partial charge on any atom is -0.319 e. The summed E-state index contributed by atoms with van der Waals surface area (Å²) in [6, 6.07) is 9.22. The van der Waals surface area contributed by atoms with E-state index in [-0.39, 0.29) is 11.3 Å². The van der Waals surface area contributed by atoms with Gasteiger partial charge in [0, 0.05) is 17.7 Å². The number of carbonyl (C=O) groups is 3. The number of nitrogens with one attached hydrogen (secondary N) is 1. The highest BCUT2D eigenvalue weighted by Gasteiger charge is 2.49. The lowest BCUT2D eigenvalue weighted by Gasteiger charge is -2.22. The summed E-state index contributed by atoms with van der Waals surface area (Å²) in [6.45, 7) is 0.954. The normalized spacial score (nSPS) is 19.1. The molecule has 1 aliphatic rings. The lowest BCUT2D eigenvalue weighted by atomic mass is 9.92. The topological polar surface area (TPSA) is 110 Å². The molecule has 3 rings (SSSR count). The molecule has 3 amide bonds. The van der Waals surface area contributed by atoms with E-state index >= 15 is 0 Å². The Morgan fingerprint density at radius 3 is 2.30 bits per heavy atom. The van der Waals surface area contributed by atoms with Gasteiger partial charge in [-0.3, -0.25) is 24.6 Å². The smallest absolute Gasteiger partial charge is 0.319 e. The second-order valence-corrected chi connectivity index (χ2v) is 6.18. The Hall–Kier alpha value is -3.62. The molecule has 0 unspecified atom stereocenters. The van der Waals surface area contributed by atoms with Gasteiger partial charge >= 0.3 is 6.03 Å². The van der Waals surface area contributed by atoms with Gasteiger partial charge in [0.05, 0.1) is 11.5 Å². The van der Waals surface area contributed by atoms with Crippen molar-refractivity contribution in [3.63, 3.8) is 0 Å². The van der Waals surface area contributed by atoms with Crippen molar-refractivity contribution in [1.29, 1.82) is 0 Å². The quantitative estimate of drug-likeness (QED) is 0.376. The first-order valence-corrected chi connectivity index (χ1v) is 7.90. The number of nitro groups is 1. The van der Waals surface area contributed by atoms with Gasteiger partial charge in [0.25, 0.3) is 11.6 Å². The average Bonchev–Trinajstić information content (AvgIpc) is 2.86. The second kappa shape index (κ2) is 6.60. The molecule has 27 heavy (non-hydrogen) atoms. The van der Waals surface area contributed by atoms with Crippen LogP contribution >= 0.6 is 0 Å². The Morgan fingerprint density at radius 2 is 1.74 bits per heavy atom. The number of hydrogen-bond donors (Lipinski definition) is 1. The summed E-state index contributed by atoms with van der Waals surface area (Å²) in [7, 11) is 0. The van der Waals surface area contributed by atoms with E-state index in [4.69, 9.17) is 0 Å². The molecule has 0 aromatic heterocycles. The largest absolute Gasteiger partial charge is 0.325 e. The Labute approximate surface area is 152 Å². The number of benzene rings is 2. The van der Waals surface area contributed by atoms with E-state index in [0.717, 1.165) is 17.0 Å². The van der Waals surface area contributed by atoms with Gasteiger partial charge in [-0.2, -0.15) is 0 Å². The fourth-order valence-electron chi connectivity index (χ4n) is 2.82. The summed E-state index contributed by atoms with van der Waals surface area (Å²) in [6.07, 6.45) is 0. The van der Waals surface area contributed by atoms with Gasteiger partial charge in [-0.1, -0.05) is 0 Å². The fourth-order valence-corrected chi connectivity index (χ4v) is 2.82. The summed E-state index contributed by atoms with van der Waals surface area (Å²) in [5, 5.41) is 13.3. The van der Waals surface area contributed by atoms with E-state index in [1.54, 1.807) is 0 Å². The molecule has 0 spiro atoms. The predicted octanol–water partition coefficient (Wildman–Crippen LogP) is 2.38. The zero-order chi connectivity index (χ0) is 19.8. The number of nitrogens with zero attached hydrogens (tertiary/aromatic N) is 2. The van der Waals surface area contributed by atoms with Gasteiger partial charge in [0.1, 0.15) is 11.4 Å². The van der Waals surface area contributed by atoms with Crippen LogP contribution in [0.5, 0.6) is 0 Å². The van der Waals surface area contributed by atoms with Gasteiger partial charge in [-0.25, -0.2) is 9.18 Å². The minimum absolute atomic E-state index is 0.150. The number of non-ortho nitro benzene ring substituents is 1. The van der Waals surface area contributed by atoms with E-state index in [1.807, 2.05) is 0 Å². The van der Waals surface area contributed by atoms with E-state index in [0.29, 0.717) is 5.56 Å². The maximum atomic E-state index is 13.0. The Balaban J connectivity index is 1.82. The number of urea groups is 1. The molecule has 1 heterocycles. The number of Topliss-reactive ketones (excluding diaryl/α,β-unsaturated/α-hetero) is 1. The van der Waals surface area contributed by atoms with Crippen molar-refractivity contribution in [3.05, 3.63) is 75.6 Å². The molecular weight excluding hydrogens is 357 g/mol. The van der Waals surface area contributed by atoms with Crippen LogP contribution in [-0.2, 0) is 10.3 Å². The fraction of sp³-hybridized carbons (Fsp3) is 0.167. The third-order valence-corrected chi connectivity index (χ3v) is 4.40. The molecular formula is C18H14FN3O5. The molecule has 0 aliphatic carbocycles. The van der Waals surface area contributed by atoms with Crippen LogP contribution in [0.2, 0.25) is 0 Å². The Kier molecular flexibility index (Phi) is 4.44. The zero-order valence-corrected chi connectivity index (χ0v) is 14.1. The van der Waals surface area contributed by atoms with Crippen molar-refractivity contribution in [1.82, 2.24) is 10.2 Å². The van der Waals surface area contributed by atoms with E-state index in [1.165, 1.54) is 43.3 Å². The van der Waals surface area contributed by atoms with E-state index in [9.17, 15) is 28.9 Å². The standard InChI is InChI=1S/C18H14FN3O5/c1-18(12-4-8-14(9-5-12)22(26)27)16(24)21(17(25)20-18)10-15(23)11-2-6-13(19)7-3-11/h2-9H,10H2,1H3,(H,20,25)/t18-/m1/s1. The van der Waals surface area contributed by atoms with Gasteiger partial charge in [-0.05, 0) is 48.9 Å². The molecule has 2 aromatic carbocycles. The highest BCUT2D eigenvalue weighted by molar-refractivity contribution is 6.11. The van der Waals surface area contributed by atoms with Gasteiger partial charge in [0.2, 0.25) is 0 Å². The summed E-state index contributed by atoms with van der Waals surface area (Å²) in [4.78, 5) is 48.3. The molecule has 0 saturated carbocycles. The van der Waals surface area contributed by atoms with Gasteiger partial charge in [0.15, 0.2) is 5.78 Å². The lowest BCUT2D eigenvalue weighted by molar-refractivity contribution is -0.384. The van der Waals surface area contributed by atoms with Gasteiger partial charge in [-0.15, -0.1) is 0 Å². The maximum absolute atomic E-state index is 13.0. The van der Waals surface area contributed by atoms with Gasteiger partial charge < -0.3 is 5.32 Å². The molecule has 2 aromatic rings. The molecule has 1 atom stereocenters. The molecule has 9 heteroatoms. The van der Waals surface area contributed by atoms with Crippen molar-refractivity contribution in [3.8, 4) is 0 Å². The predicted molar refractivity (Wildman–Crippen MR) is 91.4 cm³/mol. The minimum atomic E-state index is -1.45. The van der Waals surface area contributed by atoms with Crippen LogP contribution in [0.25, 0.3) is 0 Å². The molecule has 1 fully saturated rings. The summed E-state index contributed by atoms with van der Waals surface area (Å²) in [5.41, 5.74) is -1.08. The maximum Gasteiger partial charge on any atom is 0.325 e. The van der Waals surface area contributed by atoms with Crippen molar-refractivity contribution in [2.45, 2.75) is 12.5 Å². The first kappa shape index (κ1) is 18.2. The summed E-state index contributed by atoms with van der Waals surface area (Å²) in [5.74, 6) is -1.68. The second-order valence-electron chi connectivity index (χ2n) is 6.18. The number of hydrogen-bond acceptors (Lipinski definition) is 5. The number of imide groups is 1. The van der Waals surface area contributed by atoms with E-state index < -0.39 is 40.5 Å². The third kappa shape index (κ3) is 3.26. The van der Waals surface area contributed by atoms with Crippen molar-refractivity contribution in [2.75, 3.05) is 6.54 Å². The molecule has 1 N–H and O–H groups in total. The Bertz CT molecular complexity index is 942. The zero-order valence-electron chi connectivity index (χ0n) is 14.1.